The molecule has 2 unspecified atom stereocenters. The molecule has 2 aromatic heterocycles. The minimum atomic E-state index is -0.841. The van der Waals surface area contributed by atoms with Gasteiger partial charge in [-0.2, -0.15) is 9.97 Å². The maximum atomic E-state index is 16.5. The standard InChI is InChI=1S/C31H38F2N6O/c1-2-3-7-20-8-4-5-9-24(20)27-26(33)28-25(15-34-27)29(38-17-22-10-11-23(18-38)35-22)37-30(36-28)40-19-31-12-6-13-39(31)16-21(32)14-31/h4-5,8-9,15,21-23,35H,2-3,6-7,10-14,16-19H2,1H3/t21-,22?,23?,31+/m1/s1. The number of aromatic nitrogens is 3. The van der Waals surface area contributed by atoms with Gasteiger partial charge in [-0.1, -0.05) is 37.6 Å². The van der Waals surface area contributed by atoms with Crippen molar-refractivity contribution in [3.05, 3.63) is 41.8 Å². The smallest absolute Gasteiger partial charge is 0.319 e. The minimum Gasteiger partial charge on any atom is -0.461 e. The van der Waals surface area contributed by atoms with Crippen LogP contribution in [0.5, 0.6) is 6.01 Å². The summed E-state index contributed by atoms with van der Waals surface area (Å²) in [4.78, 5) is 18.6. The fourth-order valence-electron chi connectivity index (χ4n) is 7.47. The minimum absolute atomic E-state index is 0.159. The van der Waals surface area contributed by atoms with Crippen LogP contribution in [-0.2, 0) is 6.42 Å². The third kappa shape index (κ3) is 4.61. The zero-order chi connectivity index (χ0) is 27.3. The number of nitrogens with zero attached hydrogens (tertiary/aromatic N) is 5. The number of hydrogen-bond donors (Lipinski definition) is 1. The van der Waals surface area contributed by atoms with Crippen molar-refractivity contribution in [2.45, 2.75) is 82.1 Å². The highest BCUT2D eigenvalue weighted by molar-refractivity contribution is 5.92. The highest BCUT2D eigenvalue weighted by atomic mass is 19.1. The lowest BCUT2D eigenvalue weighted by atomic mass is 9.95. The van der Waals surface area contributed by atoms with Gasteiger partial charge in [-0.25, -0.2) is 8.78 Å². The third-order valence-corrected chi connectivity index (χ3v) is 9.46. The van der Waals surface area contributed by atoms with Gasteiger partial charge in [0.2, 0.25) is 0 Å². The van der Waals surface area contributed by atoms with E-state index in [0.29, 0.717) is 48.6 Å². The fraction of sp³-hybridized carbons (Fsp3) is 0.581. The number of rotatable bonds is 8. The van der Waals surface area contributed by atoms with E-state index < -0.39 is 12.0 Å². The predicted molar refractivity (Wildman–Crippen MR) is 152 cm³/mol. The van der Waals surface area contributed by atoms with Gasteiger partial charge < -0.3 is 15.0 Å². The molecule has 4 aliphatic heterocycles. The fourth-order valence-corrected chi connectivity index (χ4v) is 7.47. The molecule has 3 aromatic rings. The molecule has 212 valence electrons. The molecule has 0 radical (unpaired) electrons. The Labute approximate surface area is 234 Å². The Kier molecular flexibility index (Phi) is 6.82. The summed E-state index contributed by atoms with van der Waals surface area (Å²) in [7, 11) is 0. The highest BCUT2D eigenvalue weighted by Crippen LogP contribution is 2.41. The van der Waals surface area contributed by atoms with Crippen LogP contribution >= 0.6 is 0 Å². The number of alkyl halides is 1. The molecule has 7 nitrogen and oxygen atoms in total. The van der Waals surface area contributed by atoms with E-state index >= 15 is 4.39 Å². The average molecular weight is 549 g/mol. The number of piperazine rings is 1. The third-order valence-electron chi connectivity index (χ3n) is 9.46. The van der Waals surface area contributed by atoms with Crippen molar-refractivity contribution in [1.29, 1.82) is 0 Å². The van der Waals surface area contributed by atoms with Gasteiger partial charge in [-0.05, 0) is 50.6 Å². The van der Waals surface area contributed by atoms with E-state index in [4.69, 9.17) is 9.72 Å². The molecule has 0 amide bonds. The largest absolute Gasteiger partial charge is 0.461 e. The summed E-state index contributed by atoms with van der Waals surface area (Å²) in [6.07, 6.45) is 8.49. The molecule has 0 aliphatic carbocycles. The van der Waals surface area contributed by atoms with Crippen LogP contribution in [0.3, 0.4) is 0 Å². The number of unbranched alkanes of at least 4 members (excludes halogenated alkanes) is 1. The van der Waals surface area contributed by atoms with Gasteiger partial charge in [-0.3, -0.25) is 9.88 Å². The summed E-state index contributed by atoms with van der Waals surface area (Å²) in [5.41, 5.74) is 2.11. The SMILES string of the molecule is CCCCc1ccccc1-c1ncc2c(N3CC4CCC(C3)N4)nc(OC[C@@]34CCCN3C[C@H](F)C4)nc2c1F. The van der Waals surface area contributed by atoms with Crippen molar-refractivity contribution in [3.63, 3.8) is 0 Å². The zero-order valence-electron chi connectivity index (χ0n) is 23.2. The van der Waals surface area contributed by atoms with Gasteiger partial charge in [-0.15, -0.1) is 0 Å². The lowest BCUT2D eigenvalue weighted by Crippen LogP contribution is -2.51. The van der Waals surface area contributed by atoms with Gasteiger partial charge in [0, 0.05) is 49.9 Å². The Morgan fingerprint density at radius 2 is 1.95 bits per heavy atom. The summed E-state index contributed by atoms with van der Waals surface area (Å²) in [6, 6.07) is 8.86. The van der Waals surface area contributed by atoms with Crippen molar-refractivity contribution < 1.29 is 13.5 Å². The number of anilines is 1. The van der Waals surface area contributed by atoms with Crippen LogP contribution in [0.25, 0.3) is 22.2 Å². The lowest BCUT2D eigenvalue weighted by Gasteiger charge is -2.34. The maximum absolute atomic E-state index is 16.5. The number of pyridine rings is 1. The van der Waals surface area contributed by atoms with E-state index in [1.54, 1.807) is 6.20 Å². The predicted octanol–water partition coefficient (Wildman–Crippen LogP) is 5.07. The van der Waals surface area contributed by atoms with Crippen molar-refractivity contribution in [3.8, 4) is 17.3 Å². The van der Waals surface area contributed by atoms with Gasteiger partial charge in [0.1, 0.15) is 29.8 Å². The summed E-state index contributed by atoms with van der Waals surface area (Å²) >= 11 is 0. The molecule has 1 N–H and O–H groups in total. The van der Waals surface area contributed by atoms with Gasteiger partial charge in [0.05, 0.1) is 10.9 Å². The maximum Gasteiger partial charge on any atom is 0.319 e. The Hall–Kier alpha value is -2.91. The van der Waals surface area contributed by atoms with Crippen LogP contribution in [0.4, 0.5) is 14.6 Å². The number of halogens is 2. The normalized spacial score (nSPS) is 28.0. The quantitative estimate of drug-likeness (QED) is 0.422. The number of hydrogen-bond acceptors (Lipinski definition) is 7. The van der Waals surface area contributed by atoms with E-state index in [-0.39, 0.29) is 17.1 Å². The first-order valence-corrected chi connectivity index (χ1v) is 15.0. The first-order valence-electron chi connectivity index (χ1n) is 15.0. The van der Waals surface area contributed by atoms with Crippen LogP contribution in [0.1, 0.15) is 57.4 Å². The molecule has 1 aromatic carbocycles. The lowest BCUT2D eigenvalue weighted by molar-refractivity contribution is 0.107. The second-order valence-corrected chi connectivity index (χ2v) is 12.2. The molecule has 6 heterocycles. The summed E-state index contributed by atoms with van der Waals surface area (Å²) in [5, 5.41) is 4.26. The van der Waals surface area contributed by atoms with Crippen LogP contribution in [0, 0.1) is 5.82 Å². The summed E-state index contributed by atoms with van der Waals surface area (Å²) in [6.45, 7) is 5.41. The Morgan fingerprint density at radius 3 is 2.77 bits per heavy atom. The molecule has 4 fully saturated rings. The molecular weight excluding hydrogens is 510 g/mol. The first-order chi connectivity index (χ1) is 19.5. The molecular formula is C31H38F2N6O. The van der Waals surface area contributed by atoms with E-state index in [1.807, 2.05) is 18.2 Å². The van der Waals surface area contributed by atoms with Gasteiger partial charge in [0.15, 0.2) is 5.82 Å². The molecule has 40 heavy (non-hydrogen) atoms. The van der Waals surface area contributed by atoms with Crippen molar-refractivity contribution in [2.24, 2.45) is 0 Å². The van der Waals surface area contributed by atoms with Crippen LogP contribution in [0.15, 0.2) is 30.5 Å². The van der Waals surface area contributed by atoms with Gasteiger partial charge >= 0.3 is 6.01 Å². The number of fused-ring (bicyclic) bond motifs is 4. The summed E-state index contributed by atoms with van der Waals surface area (Å²) in [5.74, 6) is 0.226. The molecule has 2 bridgehead atoms. The highest BCUT2D eigenvalue weighted by Gasteiger charge is 2.49. The van der Waals surface area contributed by atoms with Crippen LogP contribution < -0.4 is 15.0 Å². The number of benzene rings is 1. The monoisotopic (exact) mass is 548 g/mol. The topological polar surface area (TPSA) is 66.4 Å². The zero-order valence-corrected chi connectivity index (χ0v) is 23.2. The number of ether oxygens (including phenoxy) is 1. The Balaban J connectivity index is 1.29. The van der Waals surface area contributed by atoms with E-state index in [2.05, 4.69) is 38.1 Å². The molecule has 4 saturated heterocycles. The van der Waals surface area contributed by atoms with E-state index in [0.717, 1.165) is 75.7 Å². The summed E-state index contributed by atoms with van der Waals surface area (Å²) < 4.78 is 37.1. The number of nitrogens with one attached hydrogen (secondary N) is 1. The van der Waals surface area contributed by atoms with Crippen LogP contribution in [0.2, 0.25) is 0 Å². The van der Waals surface area contributed by atoms with Crippen molar-refractivity contribution in [2.75, 3.05) is 37.7 Å². The molecule has 4 atom stereocenters. The molecule has 4 aliphatic rings. The Morgan fingerprint density at radius 1 is 1.12 bits per heavy atom. The Bertz CT molecular complexity index is 1390. The molecule has 9 heteroatoms. The van der Waals surface area contributed by atoms with Crippen molar-refractivity contribution in [1.82, 2.24) is 25.2 Å². The second kappa shape index (κ2) is 10.5. The molecule has 7 rings (SSSR count). The molecule has 0 saturated carbocycles. The van der Waals surface area contributed by atoms with E-state index in [1.165, 1.54) is 0 Å². The van der Waals surface area contributed by atoms with Gasteiger partial charge in [0.25, 0.3) is 0 Å². The average Bonchev–Trinajstić information content (AvgIpc) is 3.61. The second-order valence-electron chi connectivity index (χ2n) is 12.2. The first kappa shape index (κ1) is 26.0. The van der Waals surface area contributed by atoms with E-state index in [9.17, 15) is 4.39 Å². The van der Waals surface area contributed by atoms with Crippen molar-refractivity contribution >= 4 is 16.7 Å². The van der Waals surface area contributed by atoms with Crippen LogP contribution in [-0.4, -0.2) is 76.4 Å². The molecule has 0 spiro atoms. The number of aryl methyl sites for hydroxylation is 1.